The molecule has 0 aliphatic carbocycles. The summed E-state index contributed by atoms with van der Waals surface area (Å²) in [7, 11) is 0. The van der Waals surface area contributed by atoms with E-state index in [1.807, 2.05) is 24.3 Å². The Labute approximate surface area is 150 Å². The first-order chi connectivity index (χ1) is 12.1. The zero-order chi connectivity index (χ0) is 17.4. The number of fused-ring (bicyclic) bond motifs is 1. The summed E-state index contributed by atoms with van der Waals surface area (Å²) >= 11 is 6.32. The third kappa shape index (κ3) is 3.20. The minimum Gasteiger partial charge on any atom is -0.371 e. The lowest BCUT2D eigenvalue weighted by Crippen LogP contribution is -2.44. The zero-order valence-electron chi connectivity index (χ0n) is 13.9. The summed E-state index contributed by atoms with van der Waals surface area (Å²) in [5.41, 5.74) is 2.28. The van der Waals surface area contributed by atoms with Crippen molar-refractivity contribution in [1.82, 2.24) is 19.5 Å². The van der Waals surface area contributed by atoms with E-state index in [4.69, 9.17) is 16.3 Å². The fraction of sp³-hybridized carbons (Fsp3) is 0.333. The largest absolute Gasteiger partial charge is 0.371 e. The van der Waals surface area contributed by atoms with Gasteiger partial charge in [-0.05, 0) is 13.0 Å². The number of hydrogen-bond donors (Lipinski definition) is 1. The number of H-pyrrole nitrogens is 1. The molecule has 2 atom stereocenters. The van der Waals surface area contributed by atoms with E-state index in [0.717, 1.165) is 11.3 Å². The third-order valence-electron chi connectivity index (χ3n) is 4.61. The van der Waals surface area contributed by atoms with Gasteiger partial charge < -0.3 is 4.74 Å². The Morgan fingerprint density at radius 1 is 1.36 bits per heavy atom. The zero-order valence-corrected chi connectivity index (χ0v) is 14.6. The molecule has 1 saturated heterocycles. The molecule has 0 saturated carbocycles. The van der Waals surface area contributed by atoms with Crippen LogP contribution in [-0.4, -0.2) is 38.7 Å². The molecule has 3 aromatic rings. The van der Waals surface area contributed by atoms with E-state index < -0.39 is 0 Å². The Morgan fingerprint density at radius 2 is 2.20 bits per heavy atom. The maximum Gasteiger partial charge on any atom is 0.272 e. The van der Waals surface area contributed by atoms with Crippen molar-refractivity contribution in [2.24, 2.45) is 0 Å². The van der Waals surface area contributed by atoms with Crippen LogP contribution in [-0.2, 0) is 11.3 Å². The number of aromatic nitrogens is 3. The second-order valence-electron chi connectivity index (χ2n) is 6.36. The van der Waals surface area contributed by atoms with Gasteiger partial charge in [0.2, 0.25) is 0 Å². The summed E-state index contributed by atoms with van der Waals surface area (Å²) in [6.07, 6.45) is 1.63. The molecule has 1 fully saturated rings. The van der Waals surface area contributed by atoms with Gasteiger partial charge >= 0.3 is 0 Å². The van der Waals surface area contributed by atoms with Gasteiger partial charge in [0, 0.05) is 48.0 Å². The van der Waals surface area contributed by atoms with Crippen LogP contribution in [0.25, 0.3) is 5.65 Å². The first kappa shape index (κ1) is 16.3. The monoisotopic (exact) mass is 358 g/mol. The van der Waals surface area contributed by atoms with Crippen LogP contribution in [0.2, 0.25) is 5.02 Å². The summed E-state index contributed by atoms with van der Waals surface area (Å²) in [6, 6.07) is 11.4. The SMILES string of the molecule is C[C@@H]1CO[C@@H](c2ccccc2Cl)CN1Cc1cc(=O)n2[nH]ccc2n1. The molecule has 6 nitrogen and oxygen atoms in total. The second-order valence-corrected chi connectivity index (χ2v) is 6.77. The van der Waals surface area contributed by atoms with Crippen molar-refractivity contribution in [1.29, 1.82) is 0 Å². The highest BCUT2D eigenvalue weighted by molar-refractivity contribution is 6.31. The predicted molar refractivity (Wildman–Crippen MR) is 95.8 cm³/mol. The molecular formula is C18H19ClN4O2. The van der Waals surface area contributed by atoms with E-state index >= 15 is 0 Å². The van der Waals surface area contributed by atoms with Crippen molar-refractivity contribution in [3.8, 4) is 0 Å². The summed E-state index contributed by atoms with van der Waals surface area (Å²) in [5, 5.41) is 3.57. The van der Waals surface area contributed by atoms with Crippen molar-refractivity contribution in [2.75, 3.05) is 13.2 Å². The molecule has 0 amide bonds. The lowest BCUT2D eigenvalue weighted by molar-refractivity contribution is -0.0636. The lowest BCUT2D eigenvalue weighted by atomic mass is 10.1. The van der Waals surface area contributed by atoms with Crippen molar-refractivity contribution < 1.29 is 4.74 Å². The number of hydrogen-bond acceptors (Lipinski definition) is 4. The Hall–Kier alpha value is -2.15. The van der Waals surface area contributed by atoms with Crippen molar-refractivity contribution in [3.05, 3.63) is 69.2 Å². The van der Waals surface area contributed by atoms with E-state index in [-0.39, 0.29) is 17.7 Å². The van der Waals surface area contributed by atoms with Gasteiger partial charge in [-0.2, -0.15) is 0 Å². The second kappa shape index (κ2) is 6.63. The Balaban J connectivity index is 1.57. The number of rotatable bonds is 3. The smallest absolute Gasteiger partial charge is 0.272 e. The number of nitrogens with one attached hydrogen (secondary N) is 1. The van der Waals surface area contributed by atoms with E-state index in [1.54, 1.807) is 18.3 Å². The molecule has 0 radical (unpaired) electrons. The highest BCUT2D eigenvalue weighted by Gasteiger charge is 2.28. The van der Waals surface area contributed by atoms with Crippen LogP contribution in [0.4, 0.5) is 0 Å². The highest BCUT2D eigenvalue weighted by Crippen LogP contribution is 2.30. The average Bonchev–Trinajstić information content (AvgIpc) is 3.07. The number of nitrogens with zero attached hydrogens (tertiary/aromatic N) is 3. The standard InChI is InChI=1S/C18H19ClN4O2/c1-12-11-25-16(14-4-2-3-5-15(14)19)10-22(12)9-13-8-18(24)23-17(21-13)6-7-20-23/h2-8,12,16,20H,9-11H2,1H3/t12-,16-/m1/s1. The number of halogens is 1. The summed E-state index contributed by atoms with van der Waals surface area (Å²) in [5.74, 6) is 0. The van der Waals surface area contributed by atoms with E-state index in [9.17, 15) is 4.79 Å². The van der Waals surface area contributed by atoms with Gasteiger partial charge in [-0.15, -0.1) is 0 Å². The molecule has 25 heavy (non-hydrogen) atoms. The van der Waals surface area contributed by atoms with Crippen LogP contribution in [0.3, 0.4) is 0 Å². The van der Waals surface area contributed by atoms with Crippen molar-refractivity contribution >= 4 is 17.2 Å². The van der Waals surface area contributed by atoms with Gasteiger partial charge in [0.15, 0.2) is 5.65 Å². The summed E-state index contributed by atoms with van der Waals surface area (Å²) in [4.78, 5) is 19.0. The highest BCUT2D eigenvalue weighted by atomic mass is 35.5. The Kier molecular flexibility index (Phi) is 4.33. The van der Waals surface area contributed by atoms with Crippen LogP contribution in [0.5, 0.6) is 0 Å². The van der Waals surface area contributed by atoms with E-state index in [1.165, 1.54) is 4.52 Å². The fourth-order valence-corrected chi connectivity index (χ4v) is 3.47. The molecule has 0 spiro atoms. The number of benzene rings is 1. The first-order valence-corrected chi connectivity index (χ1v) is 8.66. The lowest BCUT2D eigenvalue weighted by Gasteiger charge is -2.38. The van der Waals surface area contributed by atoms with Crippen molar-refractivity contribution in [2.45, 2.75) is 25.6 Å². The van der Waals surface area contributed by atoms with Gasteiger partial charge in [0.25, 0.3) is 5.56 Å². The molecule has 0 unspecified atom stereocenters. The Morgan fingerprint density at radius 3 is 3.04 bits per heavy atom. The molecule has 1 aromatic carbocycles. The van der Waals surface area contributed by atoms with Crippen LogP contribution in [0.1, 0.15) is 24.3 Å². The fourth-order valence-electron chi connectivity index (χ4n) is 3.22. The molecule has 1 N–H and O–H groups in total. The minimum absolute atomic E-state index is 0.0815. The molecule has 4 rings (SSSR count). The normalized spacial score (nSPS) is 21.7. The van der Waals surface area contributed by atoms with Gasteiger partial charge in [-0.25, -0.2) is 9.50 Å². The van der Waals surface area contributed by atoms with Gasteiger partial charge in [-0.3, -0.25) is 14.8 Å². The van der Waals surface area contributed by atoms with Gasteiger partial charge in [-0.1, -0.05) is 29.8 Å². The molecule has 0 bridgehead atoms. The molecule has 7 heteroatoms. The summed E-state index contributed by atoms with van der Waals surface area (Å²) in [6.45, 7) is 4.03. The van der Waals surface area contributed by atoms with Crippen molar-refractivity contribution in [3.63, 3.8) is 0 Å². The molecule has 1 aliphatic heterocycles. The van der Waals surface area contributed by atoms with Crippen LogP contribution in [0, 0.1) is 0 Å². The summed E-state index contributed by atoms with van der Waals surface area (Å²) < 4.78 is 7.42. The number of aromatic amines is 1. The molecular weight excluding hydrogens is 340 g/mol. The first-order valence-electron chi connectivity index (χ1n) is 8.28. The number of ether oxygens (including phenoxy) is 1. The number of morpholine rings is 1. The Bertz CT molecular complexity index is 951. The van der Waals surface area contributed by atoms with Crippen LogP contribution in [0.15, 0.2) is 47.4 Å². The van der Waals surface area contributed by atoms with E-state index in [2.05, 4.69) is 21.9 Å². The van der Waals surface area contributed by atoms with E-state index in [0.29, 0.717) is 30.4 Å². The molecule has 1 aliphatic rings. The quantitative estimate of drug-likeness (QED) is 0.781. The van der Waals surface area contributed by atoms with Crippen LogP contribution < -0.4 is 5.56 Å². The maximum atomic E-state index is 12.1. The molecule has 2 aromatic heterocycles. The molecule has 3 heterocycles. The predicted octanol–water partition coefficient (Wildman–Crippen LogP) is 2.64. The third-order valence-corrected chi connectivity index (χ3v) is 4.96. The molecule has 130 valence electrons. The minimum atomic E-state index is -0.103. The maximum absolute atomic E-state index is 12.1. The average molecular weight is 359 g/mol. The van der Waals surface area contributed by atoms with Gasteiger partial charge in [0.1, 0.15) is 0 Å². The van der Waals surface area contributed by atoms with Crippen LogP contribution >= 0.6 is 11.6 Å². The van der Waals surface area contributed by atoms with Gasteiger partial charge in [0.05, 0.1) is 18.4 Å². The topological polar surface area (TPSA) is 62.6 Å².